The summed E-state index contributed by atoms with van der Waals surface area (Å²) in [5, 5.41) is 1.05. The van der Waals surface area contributed by atoms with E-state index >= 15 is 8.78 Å². The van der Waals surface area contributed by atoms with E-state index in [0.717, 1.165) is 35.0 Å². The number of nitrogens with one attached hydrogen (secondary N) is 1. The van der Waals surface area contributed by atoms with Crippen LogP contribution < -0.4 is 4.74 Å². The summed E-state index contributed by atoms with van der Waals surface area (Å²) in [6.45, 7) is 4.08. The monoisotopic (exact) mass is 470 g/mol. The van der Waals surface area contributed by atoms with Gasteiger partial charge in [0.25, 0.3) is 0 Å². The molecule has 0 radical (unpaired) electrons. The van der Waals surface area contributed by atoms with E-state index in [1.165, 1.54) is 45.2 Å². The van der Waals surface area contributed by atoms with Crippen LogP contribution >= 0.6 is 0 Å². The summed E-state index contributed by atoms with van der Waals surface area (Å²) in [5.74, 6) is -0.655. The minimum Gasteiger partial charge on any atom is -0.493 e. The predicted octanol–water partition coefficient (Wildman–Crippen LogP) is 7.10. The van der Waals surface area contributed by atoms with Gasteiger partial charge in [-0.15, -0.1) is 0 Å². The van der Waals surface area contributed by atoms with Crippen LogP contribution in [-0.4, -0.2) is 35.2 Å². The molecule has 0 saturated heterocycles. The Kier molecular flexibility index (Phi) is 6.36. The number of halogens is 3. The number of alkyl halides is 1. The molecule has 2 heterocycles. The van der Waals surface area contributed by atoms with Gasteiger partial charge >= 0.3 is 0 Å². The van der Waals surface area contributed by atoms with Gasteiger partial charge in [0.05, 0.1) is 12.6 Å². The van der Waals surface area contributed by atoms with Crippen LogP contribution in [0.5, 0.6) is 5.75 Å². The lowest BCUT2D eigenvalue weighted by Crippen LogP contribution is -2.43. The van der Waals surface area contributed by atoms with Crippen molar-refractivity contribution in [1.82, 2.24) is 9.88 Å². The smallest absolute Gasteiger partial charge is 0.135 e. The van der Waals surface area contributed by atoms with Crippen molar-refractivity contribution in [2.75, 3.05) is 19.7 Å². The maximum absolute atomic E-state index is 15.6. The average Bonchev–Trinajstić information content (AvgIpc) is 3.17. The lowest BCUT2D eigenvalue weighted by Gasteiger charge is -2.38. The number of para-hydroxylation sites is 1. The third-order valence-electron chi connectivity index (χ3n) is 7.25. The fourth-order valence-electron chi connectivity index (χ4n) is 5.74. The van der Waals surface area contributed by atoms with E-state index in [1.54, 1.807) is 0 Å². The lowest BCUT2D eigenvalue weighted by atomic mass is 9.90. The fraction of sp³-hybridized carbons (Fsp3) is 0.500. The molecule has 2 aromatic carbocycles. The summed E-state index contributed by atoms with van der Waals surface area (Å²) in [6.07, 6.45) is 6.51. The van der Waals surface area contributed by atoms with Crippen LogP contribution in [0.15, 0.2) is 36.4 Å². The minimum absolute atomic E-state index is 0.0539. The van der Waals surface area contributed by atoms with E-state index in [9.17, 15) is 4.39 Å². The zero-order valence-corrected chi connectivity index (χ0v) is 20.0. The number of aromatic nitrogens is 1. The third kappa shape index (κ3) is 4.70. The van der Waals surface area contributed by atoms with Crippen LogP contribution in [0.1, 0.15) is 68.8 Å². The van der Waals surface area contributed by atoms with Crippen molar-refractivity contribution in [3.05, 3.63) is 64.9 Å². The van der Waals surface area contributed by atoms with E-state index in [0.29, 0.717) is 25.5 Å². The quantitative estimate of drug-likeness (QED) is 0.416. The Balaban J connectivity index is 1.51. The number of ether oxygens (including phenoxy) is 1. The summed E-state index contributed by atoms with van der Waals surface area (Å²) >= 11 is 0. The molecule has 1 atom stereocenters. The first-order valence-electron chi connectivity index (χ1n) is 12.4. The molecule has 1 aliphatic carbocycles. The van der Waals surface area contributed by atoms with Crippen LogP contribution in [0, 0.1) is 17.6 Å². The number of fused-ring (bicyclic) bond motifs is 3. The lowest BCUT2D eigenvalue weighted by molar-refractivity contribution is 0.0961. The molecule has 1 saturated carbocycles. The van der Waals surface area contributed by atoms with Gasteiger partial charge in [-0.2, -0.15) is 0 Å². The predicted molar refractivity (Wildman–Crippen MR) is 129 cm³/mol. The van der Waals surface area contributed by atoms with E-state index in [4.69, 9.17) is 4.74 Å². The molecule has 2 aliphatic rings. The SMILES string of the molecule is CC(C)(F)CN1CCc2c([nH]c3ccccc23)C1c1c(F)cc(OCC2CCCCC2)cc1F. The zero-order chi connectivity index (χ0) is 23.9. The topological polar surface area (TPSA) is 28.3 Å². The van der Waals surface area contributed by atoms with Crippen LogP contribution in [0.3, 0.4) is 0 Å². The number of nitrogens with zero attached hydrogens (tertiary/aromatic N) is 1. The van der Waals surface area contributed by atoms with E-state index in [-0.39, 0.29) is 17.9 Å². The van der Waals surface area contributed by atoms with Crippen LogP contribution in [0.25, 0.3) is 10.9 Å². The maximum Gasteiger partial charge on any atom is 0.135 e. The van der Waals surface area contributed by atoms with Gasteiger partial charge in [-0.1, -0.05) is 37.5 Å². The maximum atomic E-state index is 15.6. The second kappa shape index (κ2) is 9.29. The molecule has 6 heteroatoms. The summed E-state index contributed by atoms with van der Waals surface area (Å²) in [5.41, 5.74) is 1.15. The van der Waals surface area contributed by atoms with Gasteiger partial charge in [0, 0.05) is 47.4 Å². The van der Waals surface area contributed by atoms with Gasteiger partial charge in [0.2, 0.25) is 0 Å². The number of hydrogen-bond acceptors (Lipinski definition) is 2. The Labute approximate surface area is 199 Å². The number of aromatic amines is 1. The molecular weight excluding hydrogens is 437 g/mol. The fourth-order valence-corrected chi connectivity index (χ4v) is 5.74. The number of hydrogen-bond donors (Lipinski definition) is 1. The normalized spacial score (nSPS) is 20.0. The van der Waals surface area contributed by atoms with E-state index < -0.39 is 23.3 Å². The minimum atomic E-state index is -1.50. The van der Waals surface area contributed by atoms with Crippen molar-refractivity contribution < 1.29 is 17.9 Å². The Morgan fingerprint density at radius 3 is 2.47 bits per heavy atom. The van der Waals surface area contributed by atoms with Crippen LogP contribution in [0.2, 0.25) is 0 Å². The molecule has 3 nitrogen and oxygen atoms in total. The molecule has 1 fully saturated rings. The van der Waals surface area contributed by atoms with Gasteiger partial charge in [-0.3, -0.25) is 4.90 Å². The van der Waals surface area contributed by atoms with Crippen LogP contribution in [0.4, 0.5) is 13.2 Å². The van der Waals surface area contributed by atoms with Crippen molar-refractivity contribution in [2.24, 2.45) is 5.92 Å². The molecule has 0 spiro atoms. The van der Waals surface area contributed by atoms with Gasteiger partial charge in [-0.05, 0) is 50.7 Å². The van der Waals surface area contributed by atoms with Crippen molar-refractivity contribution in [1.29, 1.82) is 0 Å². The average molecular weight is 471 g/mol. The molecule has 1 aromatic heterocycles. The molecule has 5 rings (SSSR count). The highest BCUT2D eigenvalue weighted by Gasteiger charge is 2.38. The first kappa shape index (κ1) is 23.3. The number of benzene rings is 2. The molecular formula is C28H33F3N2O. The molecule has 1 aliphatic heterocycles. The van der Waals surface area contributed by atoms with Gasteiger partial charge in [0.1, 0.15) is 23.1 Å². The summed E-state index contributed by atoms with van der Waals surface area (Å²) < 4.78 is 51.7. The molecule has 1 N–H and O–H groups in total. The first-order valence-corrected chi connectivity index (χ1v) is 12.4. The molecule has 182 valence electrons. The zero-order valence-electron chi connectivity index (χ0n) is 20.0. The van der Waals surface area contributed by atoms with Gasteiger partial charge < -0.3 is 9.72 Å². The number of H-pyrrole nitrogens is 1. The second-order valence-electron chi connectivity index (χ2n) is 10.5. The molecule has 3 aromatic rings. The standard InChI is InChI=1S/C28H33F3N2O/c1-28(2,31)17-33-13-12-21-20-10-6-7-11-24(20)32-26(21)27(33)25-22(29)14-19(15-23(25)30)34-16-18-8-4-3-5-9-18/h6-7,10-11,14-15,18,27,32H,3-5,8-9,12-13,16-17H2,1-2H3. The van der Waals surface area contributed by atoms with E-state index in [2.05, 4.69) is 4.98 Å². The molecule has 34 heavy (non-hydrogen) atoms. The largest absolute Gasteiger partial charge is 0.493 e. The summed E-state index contributed by atoms with van der Waals surface area (Å²) in [7, 11) is 0. The highest BCUT2D eigenvalue weighted by Crippen LogP contribution is 2.41. The third-order valence-corrected chi connectivity index (χ3v) is 7.25. The Bertz CT molecular complexity index is 1140. The Morgan fingerprint density at radius 1 is 1.06 bits per heavy atom. The van der Waals surface area contributed by atoms with Crippen molar-refractivity contribution >= 4 is 10.9 Å². The Morgan fingerprint density at radius 2 is 1.76 bits per heavy atom. The first-order chi connectivity index (χ1) is 16.3. The van der Waals surface area contributed by atoms with Crippen molar-refractivity contribution in [2.45, 2.75) is 64.1 Å². The van der Waals surface area contributed by atoms with E-state index in [1.807, 2.05) is 29.2 Å². The van der Waals surface area contributed by atoms with Crippen LogP contribution in [-0.2, 0) is 6.42 Å². The highest BCUT2D eigenvalue weighted by molar-refractivity contribution is 5.85. The van der Waals surface area contributed by atoms with Crippen molar-refractivity contribution in [3.63, 3.8) is 0 Å². The molecule has 1 unspecified atom stereocenters. The molecule has 0 amide bonds. The number of rotatable bonds is 6. The Hall–Kier alpha value is -2.47. The second-order valence-corrected chi connectivity index (χ2v) is 10.5. The highest BCUT2D eigenvalue weighted by atomic mass is 19.1. The van der Waals surface area contributed by atoms with Gasteiger partial charge in [-0.25, -0.2) is 13.2 Å². The van der Waals surface area contributed by atoms with Crippen molar-refractivity contribution in [3.8, 4) is 5.75 Å². The summed E-state index contributed by atoms with van der Waals surface area (Å²) in [6, 6.07) is 9.71. The molecule has 0 bridgehead atoms. The van der Waals surface area contributed by atoms with Gasteiger partial charge in [0.15, 0.2) is 0 Å². The summed E-state index contributed by atoms with van der Waals surface area (Å²) in [4.78, 5) is 5.24.